The Hall–Kier alpha value is -1.22. The van der Waals surface area contributed by atoms with Crippen molar-refractivity contribution < 1.29 is 9.47 Å². The third-order valence-electron chi connectivity index (χ3n) is 4.91. The molecule has 1 aliphatic rings. The summed E-state index contributed by atoms with van der Waals surface area (Å²) < 4.78 is 11.0. The molecule has 7 heteroatoms. The molecule has 6 nitrogen and oxygen atoms in total. The Kier molecular flexibility index (Phi) is 13.9. The van der Waals surface area contributed by atoms with Gasteiger partial charge < -0.3 is 25.0 Å². The van der Waals surface area contributed by atoms with Gasteiger partial charge in [-0.25, -0.2) is 0 Å². The Morgan fingerprint density at radius 1 is 1.10 bits per heavy atom. The number of methoxy groups -OCH3 is 1. The van der Waals surface area contributed by atoms with Crippen molar-refractivity contribution in [3.05, 3.63) is 23.8 Å². The first-order chi connectivity index (χ1) is 13.8. The van der Waals surface area contributed by atoms with E-state index in [1.807, 2.05) is 13.0 Å². The number of aryl methyl sites for hydroxylation is 1. The molecule has 166 valence electrons. The molecule has 29 heavy (non-hydrogen) atoms. The summed E-state index contributed by atoms with van der Waals surface area (Å²) in [6.07, 6.45) is 5.86. The van der Waals surface area contributed by atoms with E-state index in [-0.39, 0.29) is 24.0 Å². The number of hydrogen-bond acceptors (Lipinski definition) is 4. The van der Waals surface area contributed by atoms with Crippen molar-refractivity contribution in [1.82, 2.24) is 15.5 Å². The van der Waals surface area contributed by atoms with Gasteiger partial charge in [0, 0.05) is 19.6 Å². The summed E-state index contributed by atoms with van der Waals surface area (Å²) in [5.74, 6) is 2.53. The van der Waals surface area contributed by atoms with Gasteiger partial charge in [-0.05, 0) is 83.3 Å². The summed E-state index contributed by atoms with van der Waals surface area (Å²) in [5, 5.41) is 6.80. The van der Waals surface area contributed by atoms with Crippen LogP contribution in [0.1, 0.15) is 45.1 Å². The fourth-order valence-corrected chi connectivity index (χ4v) is 3.48. The lowest BCUT2D eigenvalue weighted by atomic mass is 10.1. The van der Waals surface area contributed by atoms with Crippen LogP contribution in [-0.2, 0) is 6.42 Å². The maximum atomic E-state index is 5.66. The number of benzene rings is 1. The number of rotatable bonds is 12. The van der Waals surface area contributed by atoms with Crippen LogP contribution in [0, 0.1) is 0 Å². The van der Waals surface area contributed by atoms with Gasteiger partial charge in [-0.1, -0.05) is 6.07 Å². The van der Waals surface area contributed by atoms with Crippen molar-refractivity contribution in [2.45, 2.75) is 46.0 Å². The number of hydrogen-bond donors (Lipinski definition) is 2. The molecule has 0 aliphatic carbocycles. The molecule has 0 saturated carbocycles. The lowest BCUT2D eigenvalue weighted by Crippen LogP contribution is -2.38. The second kappa shape index (κ2) is 15.6. The molecule has 0 spiro atoms. The molecule has 1 saturated heterocycles. The molecule has 1 aliphatic heterocycles. The highest BCUT2D eigenvalue weighted by Crippen LogP contribution is 2.28. The number of nitrogens with zero attached hydrogens (tertiary/aromatic N) is 2. The summed E-state index contributed by atoms with van der Waals surface area (Å²) >= 11 is 0. The highest BCUT2D eigenvalue weighted by Gasteiger charge is 2.10. The third kappa shape index (κ3) is 9.89. The van der Waals surface area contributed by atoms with Crippen LogP contribution in [-0.4, -0.2) is 63.8 Å². The largest absolute Gasteiger partial charge is 0.493 e. The zero-order valence-electron chi connectivity index (χ0n) is 18.3. The van der Waals surface area contributed by atoms with Gasteiger partial charge >= 0.3 is 0 Å². The van der Waals surface area contributed by atoms with Crippen molar-refractivity contribution in [2.24, 2.45) is 4.99 Å². The van der Waals surface area contributed by atoms with E-state index in [0.717, 1.165) is 56.4 Å². The minimum Gasteiger partial charge on any atom is -0.493 e. The maximum Gasteiger partial charge on any atom is 0.191 e. The van der Waals surface area contributed by atoms with Crippen LogP contribution in [0.25, 0.3) is 0 Å². The normalized spacial score (nSPS) is 14.4. The van der Waals surface area contributed by atoms with Crippen LogP contribution in [0.2, 0.25) is 0 Å². The summed E-state index contributed by atoms with van der Waals surface area (Å²) in [6.45, 7) is 11.1. The molecule has 1 aromatic carbocycles. The van der Waals surface area contributed by atoms with E-state index in [4.69, 9.17) is 14.5 Å². The highest BCUT2D eigenvalue weighted by molar-refractivity contribution is 14.0. The number of aliphatic imine (C=N–C) groups is 1. The van der Waals surface area contributed by atoms with Gasteiger partial charge in [0.05, 0.1) is 13.7 Å². The molecule has 1 heterocycles. The van der Waals surface area contributed by atoms with E-state index in [0.29, 0.717) is 6.61 Å². The molecule has 2 N–H and O–H groups in total. The van der Waals surface area contributed by atoms with Gasteiger partial charge in [0.2, 0.25) is 0 Å². The van der Waals surface area contributed by atoms with Crippen molar-refractivity contribution in [1.29, 1.82) is 0 Å². The predicted octanol–water partition coefficient (Wildman–Crippen LogP) is 3.69. The van der Waals surface area contributed by atoms with Crippen LogP contribution in [0.3, 0.4) is 0 Å². The van der Waals surface area contributed by atoms with Gasteiger partial charge in [-0.15, -0.1) is 24.0 Å². The minimum atomic E-state index is 0. The number of nitrogens with one attached hydrogen (secondary N) is 2. The topological polar surface area (TPSA) is 58.1 Å². The first-order valence-electron chi connectivity index (χ1n) is 10.8. The molecule has 2 rings (SSSR count). The smallest absolute Gasteiger partial charge is 0.191 e. The maximum absolute atomic E-state index is 5.66. The van der Waals surface area contributed by atoms with E-state index in [9.17, 15) is 0 Å². The lowest BCUT2D eigenvalue weighted by molar-refractivity contribution is 0.310. The van der Waals surface area contributed by atoms with Gasteiger partial charge in [-0.2, -0.15) is 0 Å². The molecule has 0 atom stereocenters. The second-order valence-electron chi connectivity index (χ2n) is 7.11. The van der Waals surface area contributed by atoms with E-state index < -0.39 is 0 Å². The fraction of sp³-hybridized carbons (Fsp3) is 0.682. The van der Waals surface area contributed by atoms with E-state index >= 15 is 0 Å². The van der Waals surface area contributed by atoms with Crippen LogP contribution in [0.5, 0.6) is 11.5 Å². The van der Waals surface area contributed by atoms with Crippen LogP contribution in [0.15, 0.2) is 23.2 Å². The van der Waals surface area contributed by atoms with Crippen molar-refractivity contribution in [2.75, 3.05) is 53.0 Å². The monoisotopic (exact) mass is 518 g/mol. The summed E-state index contributed by atoms with van der Waals surface area (Å²) in [5.41, 5.74) is 1.25. The molecular weight excluding hydrogens is 479 g/mol. The SMILES string of the molecule is CCNC(=NCCCc1ccc(OC)c(OCC)c1)NCCCN1CCCC1.I. The summed E-state index contributed by atoms with van der Waals surface area (Å²) in [4.78, 5) is 7.27. The first kappa shape index (κ1) is 25.8. The van der Waals surface area contributed by atoms with E-state index in [1.165, 1.54) is 38.0 Å². The zero-order chi connectivity index (χ0) is 20.0. The molecule has 0 radical (unpaired) electrons. The molecular formula is C22H39IN4O2. The third-order valence-corrected chi connectivity index (χ3v) is 4.91. The highest BCUT2D eigenvalue weighted by atomic mass is 127. The molecule has 0 aromatic heterocycles. The average molecular weight is 518 g/mol. The van der Waals surface area contributed by atoms with E-state index in [2.05, 4.69) is 34.6 Å². The van der Waals surface area contributed by atoms with E-state index in [1.54, 1.807) is 7.11 Å². The summed E-state index contributed by atoms with van der Waals surface area (Å²) in [7, 11) is 1.67. The van der Waals surface area contributed by atoms with Crippen molar-refractivity contribution in [3.8, 4) is 11.5 Å². The summed E-state index contributed by atoms with van der Waals surface area (Å²) in [6, 6.07) is 6.16. The molecule has 1 fully saturated rings. The Morgan fingerprint density at radius 3 is 2.59 bits per heavy atom. The first-order valence-corrected chi connectivity index (χ1v) is 10.8. The van der Waals surface area contributed by atoms with Gasteiger partial charge in [0.1, 0.15) is 0 Å². The van der Waals surface area contributed by atoms with Gasteiger partial charge in [0.25, 0.3) is 0 Å². The Balaban J connectivity index is 0.00000420. The number of likely N-dealkylation sites (tertiary alicyclic amines) is 1. The lowest BCUT2D eigenvalue weighted by Gasteiger charge is -2.15. The Morgan fingerprint density at radius 2 is 1.90 bits per heavy atom. The Bertz CT molecular complexity index is 592. The molecule has 1 aromatic rings. The number of guanidine groups is 1. The van der Waals surface area contributed by atoms with Crippen LogP contribution >= 0.6 is 24.0 Å². The number of halogens is 1. The standard InChI is InChI=1S/C22H38N4O2.HI/c1-4-23-22(25-14-9-17-26-15-6-7-16-26)24-13-8-10-19-11-12-20(27-3)21(18-19)28-5-2;/h11-12,18H,4-10,13-17H2,1-3H3,(H2,23,24,25);1H. The zero-order valence-corrected chi connectivity index (χ0v) is 20.7. The quantitative estimate of drug-likeness (QED) is 0.191. The van der Waals surface area contributed by atoms with Crippen LogP contribution < -0.4 is 20.1 Å². The predicted molar refractivity (Wildman–Crippen MR) is 132 cm³/mol. The van der Waals surface area contributed by atoms with Crippen LogP contribution in [0.4, 0.5) is 0 Å². The second-order valence-corrected chi connectivity index (χ2v) is 7.11. The van der Waals surface area contributed by atoms with Crippen molar-refractivity contribution >= 4 is 29.9 Å². The van der Waals surface area contributed by atoms with Crippen molar-refractivity contribution in [3.63, 3.8) is 0 Å². The average Bonchev–Trinajstić information content (AvgIpc) is 3.22. The number of ether oxygens (including phenoxy) is 2. The molecule has 0 amide bonds. The van der Waals surface area contributed by atoms with Gasteiger partial charge in [-0.3, -0.25) is 4.99 Å². The molecule has 0 unspecified atom stereocenters. The Labute approximate surface area is 193 Å². The fourth-order valence-electron chi connectivity index (χ4n) is 3.48. The minimum absolute atomic E-state index is 0. The molecule has 0 bridgehead atoms. The van der Waals surface area contributed by atoms with Gasteiger partial charge in [0.15, 0.2) is 17.5 Å².